The molecule has 0 atom stereocenters. The van der Waals surface area contributed by atoms with E-state index in [9.17, 15) is 14.4 Å². The van der Waals surface area contributed by atoms with Crippen molar-refractivity contribution in [2.75, 3.05) is 19.8 Å². The van der Waals surface area contributed by atoms with E-state index in [-0.39, 0.29) is 24.9 Å². The molecule has 0 saturated carbocycles. The molecule has 0 bridgehead atoms. The Morgan fingerprint density at radius 2 is 2.09 bits per heavy atom. The van der Waals surface area contributed by atoms with Crippen LogP contribution in [0.3, 0.4) is 0 Å². The highest BCUT2D eigenvalue weighted by Crippen LogP contribution is 2.30. The third-order valence-electron chi connectivity index (χ3n) is 3.47. The summed E-state index contributed by atoms with van der Waals surface area (Å²) in [6.45, 7) is 2.15. The Balaban J connectivity index is 1.62. The zero-order valence-electron chi connectivity index (χ0n) is 13.2. The molecule has 1 aliphatic rings. The zero-order chi connectivity index (χ0) is 16.7. The topological polar surface area (TPSA) is 81.7 Å². The van der Waals surface area contributed by atoms with Crippen LogP contribution in [0.4, 0.5) is 0 Å². The lowest BCUT2D eigenvalue weighted by Crippen LogP contribution is -2.29. The second-order valence-electron chi connectivity index (χ2n) is 5.25. The van der Waals surface area contributed by atoms with Gasteiger partial charge in [0.25, 0.3) is 5.91 Å². The van der Waals surface area contributed by atoms with Crippen LogP contribution in [0.1, 0.15) is 46.3 Å². The molecular weight excluding hydrogens is 318 g/mol. The summed E-state index contributed by atoms with van der Waals surface area (Å²) in [6.07, 6.45) is 3.93. The van der Waals surface area contributed by atoms with Crippen LogP contribution in [0.25, 0.3) is 0 Å². The summed E-state index contributed by atoms with van der Waals surface area (Å²) in [5.74, 6) is -1.10. The van der Waals surface area contributed by atoms with E-state index in [1.807, 2.05) is 6.07 Å². The fourth-order valence-corrected chi connectivity index (χ4v) is 3.52. The molecule has 0 aliphatic heterocycles. The number of carbonyl (C=O) groups is 3. The molecule has 0 radical (unpaired) electrons. The smallest absolute Gasteiger partial charge is 0.348 e. The van der Waals surface area contributed by atoms with Gasteiger partial charge in [-0.3, -0.25) is 9.59 Å². The minimum absolute atomic E-state index is 0.259. The Morgan fingerprint density at radius 1 is 1.26 bits per heavy atom. The maximum atomic E-state index is 11.9. The summed E-state index contributed by atoms with van der Waals surface area (Å²) in [6, 6.07) is 1.87. The predicted octanol–water partition coefficient (Wildman–Crippen LogP) is 1.85. The summed E-state index contributed by atoms with van der Waals surface area (Å²) >= 11 is 1.45. The molecule has 126 valence electrons. The van der Waals surface area contributed by atoms with Crippen molar-refractivity contribution in [1.29, 1.82) is 0 Å². The van der Waals surface area contributed by atoms with Gasteiger partial charge in [-0.05, 0) is 44.2 Å². The average Bonchev–Trinajstić information content (AvgIpc) is 3.11. The van der Waals surface area contributed by atoms with Crippen molar-refractivity contribution in [3.63, 3.8) is 0 Å². The number of carbonyl (C=O) groups excluding carboxylic acids is 3. The van der Waals surface area contributed by atoms with E-state index in [0.29, 0.717) is 24.4 Å². The number of ether oxygens (including phenoxy) is 2. The molecule has 0 saturated heterocycles. The number of aryl methyl sites for hydroxylation is 2. The largest absolute Gasteiger partial charge is 0.466 e. The maximum absolute atomic E-state index is 11.9. The van der Waals surface area contributed by atoms with Gasteiger partial charge >= 0.3 is 11.9 Å². The van der Waals surface area contributed by atoms with Crippen LogP contribution < -0.4 is 5.32 Å². The fraction of sp³-hybridized carbons (Fsp3) is 0.562. The number of fused-ring (bicyclic) bond motifs is 1. The molecule has 0 fully saturated rings. The summed E-state index contributed by atoms with van der Waals surface area (Å²) < 4.78 is 9.79. The van der Waals surface area contributed by atoms with Crippen LogP contribution in [0.15, 0.2) is 6.07 Å². The monoisotopic (exact) mass is 339 g/mol. The molecule has 0 spiro atoms. The molecule has 23 heavy (non-hydrogen) atoms. The molecule has 1 N–H and O–H groups in total. The standard InChI is InChI=1S/C16H21NO5S/c1-2-21-15(19)7-4-8-17-14(18)10-22-16(20)13-9-11-5-3-6-12(11)23-13/h9H,2-8,10H2,1H3,(H,17,18). The van der Waals surface area contributed by atoms with E-state index in [2.05, 4.69) is 5.32 Å². The Morgan fingerprint density at radius 3 is 2.83 bits per heavy atom. The summed E-state index contributed by atoms with van der Waals surface area (Å²) in [5, 5.41) is 2.61. The highest BCUT2D eigenvalue weighted by molar-refractivity contribution is 7.14. The first-order valence-electron chi connectivity index (χ1n) is 7.81. The minimum Gasteiger partial charge on any atom is -0.466 e. The first-order valence-corrected chi connectivity index (χ1v) is 8.62. The van der Waals surface area contributed by atoms with E-state index in [1.165, 1.54) is 21.8 Å². The third kappa shape index (κ3) is 5.35. The number of rotatable bonds is 8. The molecule has 0 unspecified atom stereocenters. The van der Waals surface area contributed by atoms with Crippen molar-refractivity contribution in [1.82, 2.24) is 5.32 Å². The Bertz CT molecular complexity index is 560. The van der Waals surface area contributed by atoms with E-state index in [4.69, 9.17) is 9.47 Å². The number of hydrogen-bond acceptors (Lipinski definition) is 6. The van der Waals surface area contributed by atoms with Crippen LogP contribution in [-0.2, 0) is 31.9 Å². The predicted molar refractivity (Wildman–Crippen MR) is 85.5 cm³/mol. The normalized spacial score (nSPS) is 12.6. The Kier molecular flexibility index (Phi) is 6.58. The fourth-order valence-electron chi connectivity index (χ4n) is 2.38. The Hall–Kier alpha value is -1.89. The Labute approximate surface area is 139 Å². The zero-order valence-corrected chi connectivity index (χ0v) is 14.0. The van der Waals surface area contributed by atoms with Gasteiger partial charge in [0.1, 0.15) is 4.88 Å². The first-order chi connectivity index (χ1) is 11.1. The number of esters is 2. The molecule has 1 aliphatic carbocycles. The summed E-state index contributed by atoms with van der Waals surface area (Å²) in [5.41, 5.74) is 1.23. The van der Waals surface area contributed by atoms with Crippen molar-refractivity contribution in [2.45, 2.75) is 39.0 Å². The number of amides is 1. The van der Waals surface area contributed by atoms with Gasteiger partial charge in [0.05, 0.1) is 6.61 Å². The molecule has 0 aromatic carbocycles. The van der Waals surface area contributed by atoms with Gasteiger partial charge in [-0.25, -0.2) is 4.79 Å². The SMILES string of the molecule is CCOC(=O)CCCNC(=O)COC(=O)c1cc2c(s1)CCC2. The van der Waals surface area contributed by atoms with E-state index in [1.54, 1.807) is 6.92 Å². The molecule has 1 heterocycles. The van der Waals surface area contributed by atoms with Crippen molar-refractivity contribution in [2.24, 2.45) is 0 Å². The quantitative estimate of drug-likeness (QED) is 0.577. The van der Waals surface area contributed by atoms with Crippen LogP contribution >= 0.6 is 11.3 Å². The van der Waals surface area contributed by atoms with Crippen LogP contribution in [0.2, 0.25) is 0 Å². The van der Waals surface area contributed by atoms with E-state index in [0.717, 1.165) is 19.3 Å². The van der Waals surface area contributed by atoms with Gasteiger partial charge < -0.3 is 14.8 Å². The number of hydrogen-bond donors (Lipinski definition) is 1. The lowest BCUT2D eigenvalue weighted by Gasteiger charge is -2.06. The van der Waals surface area contributed by atoms with Crippen LogP contribution in [-0.4, -0.2) is 37.6 Å². The van der Waals surface area contributed by atoms with Crippen molar-refractivity contribution >= 4 is 29.2 Å². The molecular formula is C16H21NO5S. The van der Waals surface area contributed by atoms with Crippen molar-refractivity contribution < 1.29 is 23.9 Å². The maximum Gasteiger partial charge on any atom is 0.348 e. The van der Waals surface area contributed by atoms with Gasteiger partial charge in [-0.1, -0.05) is 0 Å². The van der Waals surface area contributed by atoms with Gasteiger partial charge in [0.15, 0.2) is 6.61 Å². The third-order valence-corrected chi connectivity index (χ3v) is 4.68. The summed E-state index contributed by atoms with van der Waals surface area (Å²) in [7, 11) is 0. The minimum atomic E-state index is -0.453. The first kappa shape index (κ1) is 17.5. The lowest BCUT2D eigenvalue weighted by molar-refractivity contribution is -0.143. The van der Waals surface area contributed by atoms with Crippen molar-refractivity contribution in [3.8, 4) is 0 Å². The van der Waals surface area contributed by atoms with Gasteiger partial charge in [-0.15, -0.1) is 11.3 Å². The number of nitrogens with one attached hydrogen (secondary N) is 1. The second-order valence-corrected chi connectivity index (χ2v) is 6.38. The lowest BCUT2D eigenvalue weighted by atomic mass is 10.2. The second kappa shape index (κ2) is 8.67. The van der Waals surface area contributed by atoms with Gasteiger partial charge in [-0.2, -0.15) is 0 Å². The molecule has 2 rings (SSSR count). The molecule has 1 aromatic rings. The van der Waals surface area contributed by atoms with Crippen LogP contribution in [0.5, 0.6) is 0 Å². The molecule has 7 heteroatoms. The van der Waals surface area contributed by atoms with Gasteiger partial charge in [0, 0.05) is 17.8 Å². The number of thiophene rings is 1. The molecule has 6 nitrogen and oxygen atoms in total. The molecule has 1 aromatic heterocycles. The highest BCUT2D eigenvalue weighted by atomic mass is 32.1. The van der Waals surface area contributed by atoms with Crippen molar-refractivity contribution in [3.05, 3.63) is 21.4 Å². The van der Waals surface area contributed by atoms with Gasteiger partial charge in [0.2, 0.25) is 0 Å². The van der Waals surface area contributed by atoms with E-state index < -0.39 is 5.97 Å². The summed E-state index contributed by atoms with van der Waals surface area (Å²) in [4.78, 5) is 36.4. The van der Waals surface area contributed by atoms with E-state index >= 15 is 0 Å². The van der Waals surface area contributed by atoms with Crippen LogP contribution in [0, 0.1) is 0 Å². The molecule has 1 amide bonds. The highest BCUT2D eigenvalue weighted by Gasteiger charge is 2.19. The average molecular weight is 339 g/mol.